The SMILES string of the molecule is CCCOCCOCC(=O)N[C@@H](CCCCNC(=O)CC)C(=O)O. The van der Waals surface area contributed by atoms with Crippen LogP contribution in [-0.4, -0.2) is 61.9 Å². The molecule has 0 radical (unpaired) electrons. The van der Waals surface area contributed by atoms with Crippen LogP contribution in [0.4, 0.5) is 0 Å². The summed E-state index contributed by atoms with van der Waals surface area (Å²) < 4.78 is 10.3. The maximum atomic E-state index is 11.7. The maximum absolute atomic E-state index is 11.7. The van der Waals surface area contributed by atoms with Gasteiger partial charge in [-0.2, -0.15) is 0 Å². The monoisotopic (exact) mass is 346 g/mol. The van der Waals surface area contributed by atoms with Crippen molar-refractivity contribution >= 4 is 17.8 Å². The molecule has 0 aliphatic carbocycles. The Morgan fingerprint density at radius 2 is 1.71 bits per heavy atom. The first-order valence-corrected chi connectivity index (χ1v) is 8.45. The van der Waals surface area contributed by atoms with Crippen LogP contribution in [0.2, 0.25) is 0 Å². The minimum atomic E-state index is -1.08. The number of amides is 2. The van der Waals surface area contributed by atoms with Gasteiger partial charge in [0.15, 0.2) is 0 Å². The summed E-state index contributed by atoms with van der Waals surface area (Å²) in [5.41, 5.74) is 0. The Kier molecular flexibility index (Phi) is 13.9. The van der Waals surface area contributed by atoms with Gasteiger partial charge in [0, 0.05) is 19.6 Å². The maximum Gasteiger partial charge on any atom is 0.326 e. The molecule has 0 fully saturated rings. The van der Waals surface area contributed by atoms with Gasteiger partial charge in [0.1, 0.15) is 12.6 Å². The molecule has 0 aromatic rings. The smallest absolute Gasteiger partial charge is 0.326 e. The molecule has 1 atom stereocenters. The molecule has 0 saturated heterocycles. The second kappa shape index (κ2) is 14.9. The number of carboxylic acid groups (broad SMARTS) is 1. The highest BCUT2D eigenvalue weighted by Crippen LogP contribution is 2.01. The zero-order chi connectivity index (χ0) is 18.2. The number of ether oxygens (including phenoxy) is 2. The molecule has 0 saturated carbocycles. The Labute approximate surface area is 143 Å². The van der Waals surface area contributed by atoms with Crippen LogP contribution in [0.25, 0.3) is 0 Å². The quantitative estimate of drug-likeness (QED) is 0.376. The molecule has 0 unspecified atom stereocenters. The first-order chi connectivity index (χ1) is 11.5. The number of carboxylic acids is 1. The van der Waals surface area contributed by atoms with Crippen molar-refractivity contribution in [1.82, 2.24) is 10.6 Å². The van der Waals surface area contributed by atoms with Crippen LogP contribution in [-0.2, 0) is 23.9 Å². The van der Waals surface area contributed by atoms with Gasteiger partial charge < -0.3 is 25.2 Å². The lowest BCUT2D eigenvalue weighted by Gasteiger charge is -2.14. The Morgan fingerprint density at radius 3 is 2.33 bits per heavy atom. The molecule has 140 valence electrons. The van der Waals surface area contributed by atoms with Crippen molar-refractivity contribution in [3.05, 3.63) is 0 Å². The number of hydrogen-bond donors (Lipinski definition) is 3. The molecule has 2 amide bonds. The fourth-order valence-electron chi connectivity index (χ4n) is 1.85. The van der Waals surface area contributed by atoms with E-state index in [-0.39, 0.29) is 12.5 Å². The minimum Gasteiger partial charge on any atom is -0.480 e. The lowest BCUT2D eigenvalue weighted by atomic mass is 10.1. The largest absolute Gasteiger partial charge is 0.480 e. The van der Waals surface area contributed by atoms with E-state index in [1.165, 1.54) is 0 Å². The molecule has 0 rings (SSSR count). The lowest BCUT2D eigenvalue weighted by Crippen LogP contribution is -2.42. The second-order valence-corrected chi connectivity index (χ2v) is 5.32. The van der Waals surface area contributed by atoms with Crippen LogP contribution in [0.3, 0.4) is 0 Å². The van der Waals surface area contributed by atoms with E-state index < -0.39 is 17.9 Å². The Balaban J connectivity index is 3.83. The van der Waals surface area contributed by atoms with Crippen LogP contribution in [0.15, 0.2) is 0 Å². The Hall–Kier alpha value is -1.67. The van der Waals surface area contributed by atoms with E-state index in [9.17, 15) is 14.4 Å². The van der Waals surface area contributed by atoms with E-state index in [2.05, 4.69) is 10.6 Å². The summed E-state index contributed by atoms with van der Waals surface area (Å²) in [5.74, 6) is -1.57. The van der Waals surface area contributed by atoms with E-state index in [1.807, 2.05) is 6.92 Å². The highest BCUT2D eigenvalue weighted by Gasteiger charge is 2.19. The average Bonchev–Trinajstić information content (AvgIpc) is 2.56. The molecule has 0 bridgehead atoms. The average molecular weight is 346 g/mol. The second-order valence-electron chi connectivity index (χ2n) is 5.32. The van der Waals surface area contributed by atoms with Gasteiger partial charge in [-0.1, -0.05) is 13.8 Å². The Morgan fingerprint density at radius 1 is 1.00 bits per heavy atom. The van der Waals surface area contributed by atoms with Gasteiger partial charge in [0.25, 0.3) is 0 Å². The summed E-state index contributed by atoms with van der Waals surface area (Å²) in [6.07, 6.45) is 2.91. The standard InChI is InChI=1S/C16H30N2O6/c1-3-9-23-10-11-24-12-15(20)18-13(16(21)22)7-5-6-8-17-14(19)4-2/h13H,3-12H2,1-2H3,(H,17,19)(H,18,20)(H,21,22)/t13-/m0/s1. The fourth-order valence-corrected chi connectivity index (χ4v) is 1.85. The first kappa shape index (κ1) is 22.3. The number of nitrogens with one attached hydrogen (secondary N) is 2. The van der Waals surface area contributed by atoms with Crippen molar-refractivity contribution in [1.29, 1.82) is 0 Å². The van der Waals surface area contributed by atoms with Crippen LogP contribution >= 0.6 is 0 Å². The highest BCUT2D eigenvalue weighted by atomic mass is 16.5. The van der Waals surface area contributed by atoms with E-state index >= 15 is 0 Å². The minimum absolute atomic E-state index is 0.0295. The lowest BCUT2D eigenvalue weighted by molar-refractivity contribution is -0.142. The van der Waals surface area contributed by atoms with Crippen molar-refractivity contribution < 1.29 is 29.0 Å². The summed E-state index contributed by atoms with van der Waals surface area (Å²) in [6, 6.07) is -0.945. The van der Waals surface area contributed by atoms with Gasteiger partial charge in [-0.3, -0.25) is 9.59 Å². The van der Waals surface area contributed by atoms with Crippen LogP contribution in [0.5, 0.6) is 0 Å². The molecule has 0 spiro atoms. The van der Waals surface area contributed by atoms with Gasteiger partial charge in [0.05, 0.1) is 13.2 Å². The topological polar surface area (TPSA) is 114 Å². The van der Waals surface area contributed by atoms with Gasteiger partial charge in [0.2, 0.25) is 11.8 Å². The third kappa shape index (κ3) is 12.8. The molecule has 8 nitrogen and oxygen atoms in total. The predicted molar refractivity (Wildman–Crippen MR) is 88.6 cm³/mol. The summed E-state index contributed by atoms with van der Waals surface area (Å²) in [4.78, 5) is 33.9. The van der Waals surface area contributed by atoms with Crippen molar-refractivity contribution in [2.24, 2.45) is 0 Å². The normalized spacial score (nSPS) is 11.8. The number of aliphatic carboxylic acids is 1. The van der Waals surface area contributed by atoms with Crippen LogP contribution in [0.1, 0.15) is 46.0 Å². The molecule has 8 heteroatoms. The van der Waals surface area contributed by atoms with E-state index in [4.69, 9.17) is 14.6 Å². The van der Waals surface area contributed by atoms with Crippen molar-refractivity contribution in [2.45, 2.75) is 52.0 Å². The molecular formula is C16H30N2O6. The molecule has 0 aromatic heterocycles. The summed E-state index contributed by atoms with van der Waals surface area (Å²) in [6.45, 7) is 5.44. The molecule has 24 heavy (non-hydrogen) atoms. The number of rotatable bonds is 15. The molecule has 0 aliphatic rings. The van der Waals surface area contributed by atoms with Gasteiger partial charge >= 0.3 is 5.97 Å². The highest BCUT2D eigenvalue weighted by molar-refractivity contribution is 5.84. The van der Waals surface area contributed by atoms with Crippen molar-refractivity contribution in [3.8, 4) is 0 Å². The van der Waals surface area contributed by atoms with Gasteiger partial charge in [-0.15, -0.1) is 0 Å². The van der Waals surface area contributed by atoms with E-state index in [0.29, 0.717) is 52.0 Å². The van der Waals surface area contributed by atoms with Crippen LogP contribution < -0.4 is 10.6 Å². The number of carbonyl (C=O) groups is 3. The zero-order valence-corrected chi connectivity index (χ0v) is 14.6. The summed E-state index contributed by atoms with van der Waals surface area (Å²) in [7, 11) is 0. The van der Waals surface area contributed by atoms with Gasteiger partial charge in [-0.25, -0.2) is 4.79 Å². The summed E-state index contributed by atoms with van der Waals surface area (Å²) >= 11 is 0. The fraction of sp³-hybridized carbons (Fsp3) is 0.812. The molecular weight excluding hydrogens is 316 g/mol. The van der Waals surface area contributed by atoms with Crippen molar-refractivity contribution in [3.63, 3.8) is 0 Å². The number of unbranched alkanes of at least 4 members (excludes halogenated alkanes) is 1. The van der Waals surface area contributed by atoms with Crippen molar-refractivity contribution in [2.75, 3.05) is 33.0 Å². The summed E-state index contributed by atoms with van der Waals surface area (Å²) in [5, 5.41) is 14.3. The molecule has 0 aliphatic heterocycles. The molecule has 0 aromatic carbocycles. The van der Waals surface area contributed by atoms with E-state index in [1.54, 1.807) is 6.92 Å². The third-order valence-electron chi connectivity index (χ3n) is 3.15. The zero-order valence-electron chi connectivity index (χ0n) is 14.6. The predicted octanol–water partition coefficient (Wildman–Crippen LogP) is 0.696. The molecule has 3 N–H and O–H groups in total. The number of carbonyl (C=O) groups excluding carboxylic acids is 2. The first-order valence-electron chi connectivity index (χ1n) is 8.45. The molecule has 0 heterocycles. The van der Waals surface area contributed by atoms with Crippen LogP contribution in [0, 0.1) is 0 Å². The Bertz CT molecular complexity index is 376. The van der Waals surface area contributed by atoms with Gasteiger partial charge in [-0.05, 0) is 25.7 Å². The van der Waals surface area contributed by atoms with E-state index in [0.717, 1.165) is 6.42 Å². The number of hydrogen-bond acceptors (Lipinski definition) is 5. The third-order valence-corrected chi connectivity index (χ3v) is 3.15.